The lowest BCUT2D eigenvalue weighted by Crippen LogP contribution is -2.45. The number of nitrogens with one attached hydrogen (secondary N) is 1. The van der Waals surface area contributed by atoms with Gasteiger partial charge in [-0.3, -0.25) is 9.59 Å². The number of hydrogen-bond donors (Lipinski definition) is 2. The van der Waals surface area contributed by atoms with E-state index in [4.69, 9.17) is 4.74 Å². The summed E-state index contributed by atoms with van der Waals surface area (Å²) in [6.07, 6.45) is 1.93. The fourth-order valence-electron chi connectivity index (χ4n) is 5.67. The summed E-state index contributed by atoms with van der Waals surface area (Å²) in [7, 11) is 0. The van der Waals surface area contributed by atoms with E-state index in [1.54, 1.807) is 4.90 Å². The molecule has 0 saturated carbocycles. The molecule has 1 aliphatic carbocycles. The lowest BCUT2D eigenvalue weighted by molar-refractivity contribution is -0.144. The van der Waals surface area contributed by atoms with Crippen molar-refractivity contribution in [3.05, 3.63) is 59.7 Å². The average molecular weight is 479 g/mol. The van der Waals surface area contributed by atoms with Crippen molar-refractivity contribution in [1.82, 2.24) is 10.2 Å². The van der Waals surface area contributed by atoms with Crippen LogP contribution in [0, 0.1) is 11.8 Å². The van der Waals surface area contributed by atoms with Gasteiger partial charge < -0.3 is 20.1 Å². The zero-order valence-corrected chi connectivity index (χ0v) is 20.4. The van der Waals surface area contributed by atoms with Crippen LogP contribution in [-0.2, 0) is 14.3 Å². The highest BCUT2D eigenvalue weighted by atomic mass is 16.5. The average Bonchev–Trinajstić information content (AvgIpc) is 3.44. The standard InChI is InChI=1S/C28H34N2O5/c1-3-9-18(26(31)30-15-14-23(27(32)33)25(30)4-2)16-29-28(34)35-17-24-21-12-7-5-10-19(21)20-11-6-8-13-22(20)24/h5-8,10-13,18,23-25H,3-4,9,14-17H2,1-2H3,(H,29,34)(H,32,33). The first kappa shape index (κ1) is 24.8. The van der Waals surface area contributed by atoms with Crippen molar-refractivity contribution in [2.24, 2.45) is 11.8 Å². The van der Waals surface area contributed by atoms with Crippen molar-refractivity contribution in [2.45, 2.75) is 51.5 Å². The van der Waals surface area contributed by atoms with Crippen LogP contribution in [0.15, 0.2) is 48.5 Å². The number of rotatable bonds is 9. The van der Waals surface area contributed by atoms with Gasteiger partial charge in [0, 0.05) is 25.0 Å². The molecule has 0 radical (unpaired) electrons. The Balaban J connectivity index is 1.36. The third kappa shape index (κ3) is 5.04. The van der Waals surface area contributed by atoms with Crippen LogP contribution in [0.25, 0.3) is 11.1 Å². The molecule has 2 N–H and O–H groups in total. The van der Waals surface area contributed by atoms with E-state index in [0.29, 0.717) is 25.8 Å². The zero-order valence-electron chi connectivity index (χ0n) is 20.4. The maximum atomic E-state index is 13.3. The minimum atomic E-state index is -0.851. The molecule has 1 saturated heterocycles. The number of amides is 2. The van der Waals surface area contributed by atoms with Crippen LogP contribution in [0.2, 0.25) is 0 Å². The quantitative estimate of drug-likeness (QED) is 0.547. The molecule has 2 aliphatic rings. The third-order valence-electron chi connectivity index (χ3n) is 7.39. The Morgan fingerprint density at radius 2 is 1.69 bits per heavy atom. The van der Waals surface area contributed by atoms with Crippen molar-refractivity contribution in [3.63, 3.8) is 0 Å². The molecular weight excluding hydrogens is 444 g/mol. The first-order valence-corrected chi connectivity index (χ1v) is 12.6. The first-order valence-electron chi connectivity index (χ1n) is 12.6. The number of carboxylic acid groups (broad SMARTS) is 1. The summed E-state index contributed by atoms with van der Waals surface area (Å²) in [5.41, 5.74) is 4.63. The number of carbonyl (C=O) groups is 3. The topological polar surface area (TPSA) is 95.9 Å². The fourth-order valence-corrected chi connectivity index (χ4v) is 5.67. The van der Waals surface area contributed by atoms with Gasteiger partial charge in [-0.25, -0.2) is 4.79 Å². The van der Waals surface area contributed by atoms with Gasteiger partial charge in [0.15, 0.2) is 0 Å². The molecule has 7 nitrogen and oxygen atoms in total. The normalized spacial score (nSPS) is 19.7. The smallest absolute Gasteiger partial charge is 0.407 e. The molecule has 186 valence electrons. The van der Waals surface area contributed by atoms with Crippen LogP contribution in [0.1, 0.15) is 56.6 Å². The molecular formula is C28H34N2O5. The highest BCUT2D eigenvalue weighted by Gasteiger charge is 2.41. The minimum Gasteiger partial charge on any atom is -0.481 e. The fraction of sp³-hybridized carbons (Fsp3) is 0.464. The Morgan fingerprint density at radius 1 is 1.06 bits per heavy atom. The van der Waals surface area contributed by atoms with Crippen molar-refractivity contribution < 1.29 is 24.2 Å². The molecule has 0 bridgehead atoms. The molecule has 1 fully saturated rings. The molecule has 2 amide bonds. The van der Waals surface area contributed by atoms with E-state index in [2.05, 4.69) is 29.6 Å². The second kappa shape index (κ2) is 10.9. The molecule has 7 heteroatoms. The van der Waals surface area contributed by atoms with Crippen molar-refractivity contribution >= 4 is 18.0 Å². The Bertz CT molecular complexity index is 1040. The second-order valence-electron chi connectivity index (χ2n) is 9.43. The number of benzene rings is 2. The summed E-state index contributed by atoms with van der Waals surface area (Å²) < 4.78 is 5.61. The summed E-state index contributed by atoms with van der Waals surface area (Å²) in [6, 6.07) is 16.0. The summed E-state index contributed by atoms with van der Waals surface area (Å²) in [4.78, 5) is 39.2. The van der Waals surface area contributed by atoms with Gasteiger partial charge in [0.1, 0.15) is 6.61 Å². The van der Waals surface area contributed by atoms with Crippen LogP contribution < -0.4 is 5.32 Å². The van der Waals surface area contributed by atoms with E-state index in [1.807, 2.05) is 38.1 Å². The lowest BCUT2D eigenvalue weighted by Gasteiger charge is -2.29. The number of carboxylic acids is 1. The van der Waals surface area contributed by atoms with Crippen LogP contribution in [0.4, 0.5) is 4.79 Å². The van der Waals surface area contributed by atoms with E-state index in [-0.39, 0.29) is 31.0 Å². The number of carbonyl (C=O) groups excluding carboxylic acids is 2. The Morgan fingerprint density at radius 3 is 2.26 bits per heavy atom. The monoisotopic (exact) mass is 478 g/mol. The van der Waals surface area contributed by atoms with Crippen molar-refractivity contribution in [3.8, 4) is 11.1 Å². The Kier molecular flexibility index (Phi) is 7.73. The summed E-state index contributed by atoms with van der Waals surface area (Å²) in [6.45, 7) is 4.74. The Labute approximate surface area is 206 Å². The number of ether oxygens (including phenoxy) is 1. The predicted molar refractivity (Wildman–Crippen MR) is 133 cm³/mol. The molecule has 0 aromatic heterocycles. The van der Waals surface area contributed by atoms with Gasteiger partial charge in [0.05, 0.1) is 11.8 Å². The van der Waals surface area contributed by atoms with E-state index in [1.165, 1.54) is 11.1 Å². The van der Waals surface area contributed by atoms with Gasteiger partial charge in [0.2, 0.25) is 5.91 Å². The molecule has 4 rings (SSSR count). The summed E-state index contributed by atoms with van der Waals surface area (Å²) >= 11 is 0. The molecule has 1 aliphatic heterocycles. The highest BCUT2D eigenvalue weighted by molar-refractivity contribution is 5.82. The van der Waals surface area contributed by atoms with Gasteiger partial charge in [-0.1, -0.05) is 68.8 Å². The number of nitrogens with zero attached hydrogens (tertiary/aromatic N) is 1. The van der Waals surface area contributed by atoms with Crippen LogP contribution in [0.3, 0.4) is 0 Å². The number of fused-ring (bicyclic) bond motifs is 3. The maximum absolute atomic E-state index is 13.3. The zero-order chi connectivity index (χ0) is 24.9. The molecule has 0 spiro atoms. The van der Waals surface area contributed by atoms with Crippen molar-refractivity contribution in [1.29, 1.82) is 0 Å². The van der Waals surface area contributed by atoms with Gasteiger partial charge in [0.25, 0.3) is 0 Å². The van der Waals surface area contributed by atoms with Crippen molar-refractivity contribution in [2.75, 3.05) is 19.7 Å². The van der Waals surface area contributed by atoms with Gasteiger partial charge in [-0.05, 0) is 41.5 Å². The molecule has 35 heavy (non-hydrogen) atoms. The summed E-state index contributed by atoms with van der Waals surface area (Å²) in [5.74, 6) is -1.88. The highest BCUT2D eigenvalue weighted by Crippen LogP contribution is 2.44. The van der Waals surface area contributed by atoms with Gasteiger partial charge in [-0.15, -0.1) is 0 Å². The van der Waals surface area contributed by atoms with Gasteiger partial charge >= 0.3 is 12.1 Å². The van der Waals surface area contributed by atoms with E-state index >= 15 is 0 Å². The molecule has 3 unspecified atom stereocenters. The van der Waals surface area contributed by atoms with Crippen LogP contribution in [-0.4, -0.2) is 53.7 Å². The number of aliphatic carboxylic acids is 1. The number of hydrogen-bond acceptors (Lipinski definition) is 4. The van der Waals surface area contributed by atoms with Gasteiger partial charge in [-0.2, -0.15) is 0 Å². The lowest BCUT2D eigenvalue weighted by atomic mass is 9.97. The van der Waals surface area contributed by atoms with E-state index < -0.39 is 23.9 Å². The SMILES string of the molecule is CCCC(CNC(=O)OCC1c2ccccc2-c2ccccc21)C(=O)N1CCC(C(=O)O)C1CC. The summed E-state index contributed by atoms with van der Waals surface area (Å²) in [5, 5.41) is 12.3. The van der Waals surface area contributed by atoms with E-state index in [9.17, 15) is 19.5 Å². The predicted octanol–water partition coefficient (Wildman–Crippen LogP) is 4.65. The number of alkyl carbamates (subject to hydrolysis) is 1. The molecule has 2 aromatic carbocycles. The van der Waals surface area contributed by atoms with Crippen LogP contribution in [0.5, 0.6) is 0 Å². The maximum Gasteiger partial charge on any atom is 0.407 e. The third-order valence-corrected chi connectivity index (χ3v) is 7.39. The first-order chi connectivity index (χ1) is 17.0. The Hall–Kier alpha value is -3.35. The van der Waals surface area contributed by atoms with Crippen LogP contribution >= 0.6 is 0 Å². The largest absolute Gasteiger partial charge is 0.481 e. The van der Waals surface area contributed by atoms with E-state index in [0.717, 1.165) is 17.5 Å². The molecule has 2 aromatic rings. The molecule has 3 atom stereocenters. The molecule has 1 heterocycles. The minimum absolute atomic E-state index is 0.0240. The number of likely N-dealkylation sites (tertiary alicyclic amines) is 1. The second-order valence-corrected chi connectivity index (χ2v) is 9.43.